The molecule has 6 heteroatoms. The first kappa shape index (κ1) is 12.4. The van der Waals surface area contributed by atoms with Crippen LogP contribution in [0.5, 0.6) is 0 Å². The number of aryl methyl sites for hydroxylation is 1. The van der Waals surface area contributed by atoms with E-state index in [9.17, 15) is 4.79 Å². The Morgan fingerprint density at radius 2 is 2.32 bits per heavy atom. The highest BCUT2D eigenvalue weighted by Crippen LogP contribution is 2.36. The fraction of sp³-hybridized carbons (Fsp3) is 0.231. The lowest BCUT2D eigenvalue weighted by molar-refractivity contribution is 0.583. The first-order chi connectivity index (χ1) is 9.08. The zero-order valence-corrected chi connectivity index (χ0v) is 11.9. The van der Waals surface area contributed by atoms with Gasteiger partial charge in [0.15, 0.2) is 0 Å². The molecule has 0 bridgehead atoms. The molecule has 1 unspecified atom stereocenters. The van der Waals surface area contributed by atoms with Gasteiger partial charge in [-0.3, -0.25) is 4.79 Å². The summed E-state index contributed by atoms with van der Waals surface area (Å²) in [5, 5.41) is 0.241. The predicted octanol–water partition coefficient (Wildman–Crippen LogP) is 3.85. The van der Waals surface area contributed by atoms with Crippen molar-refractivity contribution in [2.75, 3.05) is 0 Å². The highest BCUT2D eigenvalue weighted by atomic mass is 35.5. The molecule has 0 radical (unpaired) electrons. The standard InChI is InChI=1S/C13H11ClN2O2S/c1-6(14)11-15-12(17)10-9(8-4-3-5-18-8)7(2)19-13(10)16-11/h3-6H,1-2H3,(H,15,16,17). The number of fused-ring (bicyclic) bond motifs is 1. The molecule has 4 nitrogen and oxygen atoms in total. The molecule has 0 saturated heterocycles. The van der Waals surface area contributed by atoms with Gasteiger partial charge in [0.25, 0.3) is 5.56 Å². The van der Waals surface area contributed by atoms with Crippen LogP contribution in [0.3, 0.4) is 0 Å². The maximum Gasteiger partial charge on any atom is 0.260 e. The second-order valence-electron chi connectivity index (χ2n) is 4.26. The molecule has 1 atom stereocenters. The van der Waals surface area contributed by atoms with E-state index in [0.29, 0.717) is 21.8 Å². The second kappa shape index (κ2) is 4.51. The van der Waals surface area contributed by atoms with Crippen LogP contribution in [0.15, 0.2) is 27.6 Å². The maximum absolute atomic E-state index is 12.2. The van der Waals surface area contributed by atoms with Crippen molar-refractivity contribution in [1.82, 2.24) is 9.97 Å². The zero-order chi connectivity index (χ0) is 13.6. The number of nitrogens with one attached hydrogen (secondary N) is 1. The summed E-state index contributed by atoms with van der Waals surface area (Å²) in [5.74, 6) is 1.18. The molecular formula is C13H11ClN2O2S. The normalized spacial score (nSPS) is 13.0. The van der Waals surface area contributed by atoms with Crippen molar-refractivity contribution in [1.29, 1.82) is 0 Å². The molecule has 0 fully saturated rings. The van der Waals surface area contributed by atoms with Gasteiger partial charge in [0.2, 0.25) is 0 Å². The summed E-state index contributed by atoms with van der Waals surface area (Å²) < 4.78 is 5.40. The number of aromatic amines is 1. The lowest BCUT2D eigenvalue weighted by Crippen LogP contribution is -2.11. The number of rotatable bonds is 2. The Labute approximate surface area is 118 Å². The Bertz CT molecular complexity index is 787. The number of aromatic nitrogens is 2. The van der Waals surface area contributed by atoms with Crippen molar-refractivity contribution in [2.24, 2.45) is 0 Å². The monoisotopic (exact) mass is 294 g/mol. The molecule has 3 rings (SSSR count). The zero-order valence-electron chi connectivity index (χ0n) is 10.4. The Balaban J connectivity index is 2.37. The van der Waals surface area contributed by atoms with E-state index in [1.54, 1.807) is 19.3 Å². The average Bonchev–Trinajstić information content (AvgIpc) is 2.94. The molecule has 3 heterocycles. The van der Waals surface area contributed by atoms with Gasteiger partial charge >= 0.3 is 0 Å². The number of hydrogen-bond donors (Lipinski definition) is 1. The first-order valence-electron chi connectivity index (χ1n) is 5.79. The van der Waals surface area contributed by atoms with Crippen LogP contribution in [0.25, 0.3) is 21.5 Å². The minimum Gasteiger partial charge on any atom is -0.464 e. The SMILES string of the molecule is Cc1sc2nc(C(C)Cl)[nH]c(=O)c2c1-c1ccco1. The van der Waals surface area contributed by atoms with Crippen LogP contribution in [-0.2, 0) is 0 Å². The second-order valence-corrected chi connectivity index (χ2v) is 6.12. The topological polar surface area (TPSA) is 58.9 Å². The van der Waals surface area contributed by atoms with Gasteiger partial charge < -0.3 is 9.40 Å². The van der Waals surface area contributed by atoms with Crippen molar-refractivity contribution in [3.8, 4) is 11.3 Å². The number of hydrogen-bond acceptors (Lipinski definition) is 4. The van der Waals surface area contributed by atoms with Gasteiger partial charge in [0, 0.05) is 10.4 Å². The summed E-state index contributed by atoms with van der Waals surface area (Å²) in [6.45, 7) is 3.73. The van der Waals surface area contributed by atoms with Gasteiger partial charge in [-0.1, -0.05) is 0 Å². The van der Waals surface area contributed by atoms with Crippen LogP contribution >= 0.6 is 22.9 Å². The molecular weight excluding hydrogens is 284 g/mol. The van der Waals surface area contributed by atoms with Crippen molar-refractivity contribution in [2.45, 2.75) is 19.2 Å². The van der Waals surface area contributed by atoms with Gasteiger partial charge in [-0.2, -0.15) is 0 Å². The quantitative estimate of drug-likeness (QED) is 0.730. The third-order valence-electron chi connectivity index (χ3n) is 2.90. The molecule has 0 aliphatic heterocycles. The van der Waals surface area contributed by atoms with Gasteiger partial charge in [0.05, 0.1) is 17.0 Å². The average molecular weight is 295 g/mol. The Morgan fingerprint density at radius 3 is 2.95 bits per heavy atom. The van der Waals surface area contributed by atoms with Crippen LogP contribution in [0.2, 0.25) is 0 Å². The fourth-order valence-corrected chi connectivity index (χ4v) is 3.18. The van der Waals surface area contributed by atoms with E-state index in [-0.39, 0.29) is 10.9 Å². The Morgan fingerprint density at radius 1 is 1.53 bits per heavy atom. The molecule has 0 aliphatic rings. The largest absolute Gasteiger partial charge is 0.464 e. The lowest BCUT2D eigenvalue weighted by atomic mass is 10.1. The Hall–Kier alpha value is -1.59. The fourth-order valence-electron chi connectivity index (χ4n) is 2.04. The number of alkyl halides is 1. The molecule has 0 aromatic carbocycles. The number of H-pyrrole nitrogens is 1. The highest BCUT2D eigenvalue weighted by molar-refractivity contribution is 7.19. The lowest BCUT2D eigenvalue weighted by Gasteiger charge is -2.02. The number of nitrogens with zero attached hydrogens (tertiary/aromatic N) is 1. The molecule has 0 aliphatic carbocycles. The van der Waals surface area contributed by atoms with E-state index < -0.39 is 0 Å². The van der Waals surface area contributed by atoms with Crippen LogP contribution in [-0.4, -0.2) is 9.97 Å². The van der Waals surface area contributed by atoms with E-state index in [1.165, 1.54) is 11.3 Å². The molecule has 0 amide bonds. The number of furan rings is 1. The van der Waals surface area contributed by atoms with Crippen LogP contribution < -0.4 is 5.56 Å². The van der Waals surface area contributed by atoms with Crippen molar-refractivity contribution >= 4 is 33.2 Å². The van der Waals surface area contributed by atoms with Gasteiger partial charge in [-0.15, -0.1) is 22.9 Å². The summed E-state index contributed by atoms with van der Waals surface area (Å²) in [5.41, 5.74) is 0.635. The Kier molecular flexibility index (Phi) is 2.95. The molecule has 1 N–H and O–H groups in total. The van der Waals surface area contributed by atoms with Crippen LogP contribution in [0.4, 0.5) is 0 Å². The van der Waals surface area contributed by atoms with Crippen molar-refractivity contribution in [3.05, 3.63) is 39.5 Å². The minimum atomic E-state index is -0.327. The summed E-state index contributed by atoms with van der Waals surface area (Å²) in [4.78, 5) is 21.1. The van der Waals surface area contributed by atoms with E-state index in [4.69, 9.17) is 16.0 Å². The molecule has 98 valence electrons. The van der Waals surface area contributed by atoms with Crippen molar-refractivity contribution < 1.29 is 4.42 Å². The third kappa shape index (κ3) is 1.99. The van der Waals surface area contributed by atoms with Crippen LogP contribution in [0.1, 0.15) is 23.0 Å². The molecule has 3 aromatic rings. The molecule has 0 saturated carbocycles. The number of halogens is 1. The highest BCUT2D eigenvalue weighted by Gasteiger charge is 2.19. The summed E-state index contributed by atoms with van der Waals surface area (Å²) in [7, 11) is 0. The van der Waals surface area contributed by atoms with Gasteiger partial charge in [-0.25, -0.2) is 4.98 Å². The maximum atomic E-state index is 12.2. The van der Waals surface area contributed by atoms with E-state index in [1.807, 2.05) is 13.0 Å². The molecule has 0 spiro atoms. The number of thiophene rings is 1. The first-order valence-corrected chi connectivity index (χ1v) is 7.04. The third-order valence-corrected chi connectivity index (χ3v) is 4.11. The van der Waals surface area contributed by atoms with Crippen LogP contribution in [0, 0.1) is 6.92 Å². The smallest absolute Gasteiger partial charge is 0.260 e. The predicted molar refractivity (Wildman–Crippen MR) is 76.9 cm³/mol. The van der Waals surface area contributed by atoms with E-state index in [2.05, 4.69) is 9.97 Å². The molecule has 19 heavy (non-hydrogen) atoms. The van der Waals surface area contributed by atoms with Crippen molar-refractivity contribution in [3.63, 3.8) is 0 Å². The van der Waals surface area contributed by atoms with Gasteiger partial charge in [-0.05, 0) is 26.0 Å². The van der Waals surface area contributed by atoms with Gasteiger partial charge in [0.1, 0.15) is 16.4 Å². The van der Waals surface area contributed by atoms with E-state index >= 15 is 0 Å². The summed E-state index contributed by atoms with van der Waals surface area (Å²) in [6, 6.07) is 3.64. The summed E-state index contributed by atoms with van der Waals surface area (Å²) in [6.07, 6.45) is 1.59. The minimum absolute atomic E-state index is 0.178. The molecule has 3 aromatic heterocycles. The van der Waals surface area contributed by atoms with E-state index in [0.717, 1.165) is 10.4 Å². The summed E-state index contributed by atoms with van der Waals surface area (Å²) >= 11 is 7.45.